The third-order valence-electron chi connectivity index (χ3n) is 7.51. The van der Waals surface area contributed by atoms with Crippen molar-refractivity contribution in [3.8, 4) is 22.5 Å². The number of amides is 2. The molecule has 0 spiro atoms. The number of aryl methyl sites for hydroxylation is 2. The highest BCUT2D eigenvalue weighted by Gasteiger charge is 2.35. The van der Waals surface area contributed by atoms with Crippen molar-refractivity contribution in [3.05, 3.63) is 106 Å². The fourth-order valence-corrected chi connectivity index (χ4v) is 5.19. The van der Waals surface area contributed by atoms with Crippen LogP contribution in [0.2, 0.25) is 5.02 Å². The van der Waals surface area contributed by atoms with Crippen LogP contribution in [0.5, 0.6) is 0 Å². The summed E-state index contributed by atoms with van der Waals surface area (Å²) in [5, 5.41) is 17.7. The topological polar surface area (TPSA) is 129 Å². The molecule has 244 valence electrons. The number of pyridine rings is 1. The lowest BCUT2D eigenvalue weighted by Crippen LogP contribution is -2.45. The minimum atomic E-state index is -4.87. The second kappa shape index (κ2) is 13.2. The van der Waals surface area contributed by atoms with Gasteiger partial charge in [0.2, 0.25) is 5.91 Å². The average Bonchev–Trinajstić information content (AvgIpc) is 3.65. The van der Waals surface area contributed by atoms with E-state index < -0.39 is 41.2 Å². The van der Waals surface area contributed by atoms with Crippen molar-refractivity contribution in [2.24, 2.45) is 14.1 Å². The summed E-state index contributed by atoms with van der Waals surface area (Å²) in [4.78, 5) is 39.4. The molecule has 0 radical (unpaired) electrons. The highest BCUT2D eigenvalue weighted by Crippen LogP contribution is 2.32. The number of nitrogens with one attached hydrogen (secondary N) is 2. The van der Waals surface area contributed by atoms with Gasteiger partial charge in [-0.2, -0.15) is 18.3 Å². The molecule has 5 rings (SSSR count). The van der Waals surface area contributed by atoms with E-state index in [0.29, 0.717) is 22.6 Å². The van der Waals surface area contributed by atoms with E-state index in [1.807, 2.05) is 0 Å². The van der Waals surface area contributed by atoms with Gasteiger partial charge in [-0.25, -0.2) is 0 Å². The Morgan fingerprint density at radius 3 is 2.28 bits per heavy atom. The molecule has 0 aliphatic rings. The maximum absolute atomic E-state index is 13.8. The SMILES string of the molecule is CC(C)n1cc(-c2ccc(Cl)c(CC(NC(=O)c3ccnn3C)C(=O)Nc3ccc(-c4nncn4C)cc3)c2)cc(C(F)(F)F)c1=O. The van der Waals surface area contributed by atoms with Gasteiger partial charge in [0.05, 0.1) is 0 Å². The molecule has 15 heteroatoms. The third kappa shape index (κ3) is 7.27. The Labute approximate surface area is 272 Å². The maximum atomic E-state index is 13.8. The van der Waals surface area contributed by atoms with Gasteiger partial charge in [0.25, 0.3) is 11.5 Å². The number of nitrogens with zero attached hydrogens (tertiary/aromatic N) is 6. The van der Waals surface area contributed by atoms with Gasteiger partial charge < -0.3 is 19.8 Å². The number of hydrogen-bond acceptors (Lipinski definition) is 6. The first-order valence-electron chi connectivity index (χ1n) is 14.4. The summed E-state index contributed by atoms with van der Waals surface area (Å²) in [6, 6.07) is 12.0. The van der Waals surface area contributed by atoms with Crippen LogP contribution >= 0.6 is 11.6 Å². The second-order valence-corrected chi connectivity index (χ2v) is 11.6. The molecule has 0 saturated carbocycles. The van der Waals surface area contributed by atoms with Crippen LogP contribution in [-0.4, -0.2) is 47.0 Å². The minimum absolute atomic E-state index is 0.116. The molecule has 0 aliphatic carbocycles. The van der Waals surface area contributed by atoms with E-state index >= 15 is 0 Å². The molecule has 1 unspecified atom stereocenters. The van der Waals surface area contributed by atoms with Crippen LogP contribution in [0, 0.1) is 0 Å². The van der Waals surface area contributed by atoms with E-state index in [1.165, 1.54) is 35.3 Å². The molecule has 0 bridgehead atoms. The largest absolute Gasteiger partial charge is 0.421 e. The normalized spacial score (nSPS) is 12.3. The fourth-order valence-electron chi connectivity index (χ4n) is 4.99. The van der Waals surface area contributed by atoms with E-state index in [-0.39, 0.29) is 22.7 Å². The van der Waals surface area contributed by atoms with Crippen molar-refractivity contribution in [1.82, 2.24) is 34.4 Å². The van der Waals surface area contributed by atoms with Gasteiger partial charge in [0, 0.05) is 55.2 Å². The number of benzene rings is 2. The number of carbonyl (C=O) groups excluding carboxylic acids is 2. The van der Waals surface area contributed by atoms with E-state index in [0.717, 1.165) is 16.2 Å². The molecule has 11 nitrogen and oxygen atoms in total. The molecule has 2 aromatic carbocycles. The lowest BCUT2D eigenvalue weighted by Gasteiger charge is -2.20. The van der Waals surface area contributed by atoms with Crippen LogP contribution in [-0.2, 0) is 31.5 Å². The maximum Gasteiger partial charge on any atom is 0.421 e. The van der Waals surface area contributed by atoms with Crippen LogP contribution in [0.25, 0.3) is 22.5 Å². The Bertz CT molecular complexity index is 2000. The van der Waals surface area contributed by atoms with Gasteiger partial charge in [0.1, 0.15) is 23.6 Å². The van der Waals surface area contributed by atoms with Crippen molar-refractivity contribution in [2.45, 2.75) is 38.5 Å². The summed E-state index contributed by atoms with van der Waals surface area (Å²) in [5.74, 6) is -0.514. The van der Waals surface area contributed by atoms with Crippen molar-refractivity contribution in [2.75, 3.05) is 5.32 Å². The first-order chi connectivity index (χ1) is 22.2. The third-order valence-corrected chi connectivity index (χ3v) is 7.87. The van der Waals surface area contributed by atoms with Gasteiger partial charge in [-0.05, 0) is 79.1 Å². The molecular formula is C32H30ClF3N8O3. The summed E-state index contributed by atoms with van der Waals surface area (Å²) in [6.07, 6.45) is -0.625. The number of anilines is 1. The summed E-state index contributed by atoms with van der Waals surface area (Å²) in [5.41, 5.74) is -0.196. The van der Waals surface area contributed by atoms with Gasteiger partial charge in [0.15, 0.2) is 5.82 Å². The second-order valence-electron chi connectivity index (χ2n) is 11.2. The molecule has 0 fully saturated rings. The van der Waals surface area contributed by atoms with E-state index in [9.17, 15) is 27.6 Å². The van der Waals surface area contributed by atoms with Crippen molar-refractivity contribution in [3.63, 3.8) is 0 Å². The lowest BCUT2D eigenvalue weighted by atomic mass is 9.98. The van der Waals surface area contributed by atoms with Crippen LogP contribution in [0.3, 0.4) is 0 Å². The Morgan fingerprint density at radius 1 is 0.979 bits per heavy atom. The predicted molar refractivity (Wildman–Crippen MR) is 170 cm³/mol. The number of hydrogen-bond donors (Lipinski definition) is 2. The van der Waals surface area contributed by atoms with Crippen LogP contribution in [0.1, 0.15) is 41.5 Å². The molecule has 47 heavy (non-hydrogen) atoms. The molecule has 0 aliphatic heterocycles. The van der Waals surface area contributed by atoms with Crippen LogP contribution in [0.15, 0.2) is 78.1 Å². The van der Waals surface area contributed by atoms with E-state index in [2.05, 4.69) is 25.9 Å². The number of aromatic nitrogens is 6. The van der Waals surface area contributed by atoms with Crippen LogP contribution in [0.4, 0.5) is 18.9 Å². The van der Waals surface area contributed by atoms with Crippen LogP contribution < -0.4 is 16.2 Å². The monoisotopic (exact) mass is 666 g/mol. The first-order valence-corrected chi connectivity index (χ1v) is 14.8. The van der Waals surface area contributed by atoms with Gasteiger partial charge in [-0.3, -0.25) is 19.1 Å². The summed E-state index contributed by atoms with van der Waals surface area (Å²) in [6.45, 7) is 3.21. The molecule has 2 N–H and O–H groups in total. The van der Waals surface area contributed by atoms with Crippen molar-refractivity contribution >= 4 is 29.1 Å². The number of rotatable bonds is 9. The van der Waals surface area contributed by atoms with Gasteiger partial charge in [-0.1, -0.05) is 17.7 Å². The lowest BCUT2D eigenvalue weighted by molar-refractivity contribution is -0.139. The summed E-state index contributed by atoms with van der Waals surface area (Å²) < 4.78 is 45.6. The molecule has 0 saturated heterocycles. The minimum Gasteiger partial charge on any atom is -0.339 e. The summed E-state index contributed by atoms with van der Waals surface area (Å²) in [7, 11) is 3.38. The molecular weight excluding hydrogens is 637 g/mol. The molecule has 2 amide bonds. The molecule has 3 aromatic heterocycles. The standard InChI is InChI=1S/C32H30ClF3N8O3/c1-18(2)44-16-22(14-24(31(44)47)32(34,35)36)20-7-10-25(33)21(13-20)15-26(40-30(46)27-11-12-38-43(27)4)29(45)39-23-8-5-19(6-9-23)28-41-37-17-42(28)3/h5-14,16-18,26H,15H2,1-4H3,(H,39,45)(H,40,46). The Hall–Kier alpha value is -5.24. The quantitative estimate of drug-likeness (QED) is 0.220. The highest BCUT2D eigenvalue weighted by atomic mass is 35.5. The predicted octanol–water partition coefficient (Wildman–Crippen LogP) is 5.28. The zero-order valence-electron chi connectivity index (χ0n) is 25.7. The smallest absolute Gasteiger partial charge is 0.339 e. The van der Waals surface area contributed by atoms with Crippen molar-refractivity contribution < 1.29 is 22.8 Å². The number of halogens is 4. The number of carbonyl (C=O) groups is 2. The highest BCUT2D eigenvalue weighted by molar-refractivity contribution is 6.31. The zero-order chi connectivity index (χ0) is 34.0. The Morgan fingerprint density at radius 2 is 1.68 bits per heavy atom. The Kier molecular flexibility index (Phi) is 9.33. The zero-order valence-corrected chi connectivity index (χ0v) is 26.5. The first kappa shape index (κ1) is 33.1. The summed E-state index contributed by atoms with van der Waals surface area (Å²) >= 11 is 6.54. The van der Waals surface area contributed by atoms with Crippen molar-refractivity contribution in [1.29, 1.82) is 0 Å². The van der Waals surface area contributed by atoms with Gasteiger partial charge >= 0.3 is 6.18 Å². The molecule has 5 aromatic rings. The fraction of sp³-hybridized carbons (Fsp3) is 0.250. The molecule has 1 atom stereocenters. The van der Waals surface area contributed by atoms with E-state index in [4.69, 9.17) is 11.6 Å². The van der Waals surface area contributed by atoms with E-state index in [1.54, 1.807) is 69.2 Å². The average molecular weight is 667 g/mol. The molecule has 3 heterocycles. The Balaban J connectivity index is 1.48. The number of alkyl halides is 3. The van der Waals surface area contributed by atoms with Gasteiger partial charge in [-0.15, -0.1) is 10.2 Å².